The number of rotatable bonds is 2. The van der Waals surface area contributed by atoms with Crippen LogP contribution in [0.2, 0.25) is 0 Å². The highest BCUT2D eigenvalue weighted by Gasteiger charge is 2.29. The molecule has 0 spiro atoms. The number of carboxylic acids is 1. The van der Waals surface area contributed by atoms with Crippen LogP contribution < -0.4 is 0 Å². The van der Waals surface area contributed by atoms with Gasteiger partial charge < -0.3 is 10.0 Å². The summed E-state index contributed by atoms with van der Waals surface area (Å²) in [5.74, 6) is -0.610. The van der Waals surface area contributed by atoms with Crippen LogP contribution in [-0.4, -0.2) is 40.0 Å². The molecule has 1 fully saturated rings. The minimum absolute atomic E-state index is 0.0979. The second kappa shape index (κ2) is 6.46. The summed E-state index contributed by atoms with van der Waals surface area (Å²) in [6, 6.07) is 2.76. The van der Waals surface area contributed by atoms with Gasteiger partial charge in [0.15, 0.2) is 0 Å². The van der Waals surface area contributed by atoms with E-state index in [1.807, 2.05) is 0 Å². The summed E-state index contributed by atoms with van der Waals surface area (Å²) >= 11 is 0. The minimum atomic E-state index is -1.04. The van der Waals surface area contributed by atoms with Crippen molar-refractivity contribution in [3.8, 4) is 0 Å². The molecule has 1 unspecified atom stereocenters. The third kappa shape index (κ3) is 3.84. The lowest BCUT2D eigenvalue weighted by atomic mass is 9.77. The van der Waals surface area contributed by atoms with Crippen LogP contribution in [0.3, 0.4) is 0 Å². The van der Waals surface area contributed by atoms with Crippen LogP contribution in [0.5, 0.6) is 0 Å². The fraction of sp³-hybridized carbons (Fsp3) is 0.588. The zero-order chi connectivity index (χ0) is 16.3. The Kier molecular flexibility index (Phi) is 4.84. The van der Waals surface area contributed by atoms with Gasteiger partial charge in [-0.05, 0) is 42.7 Å². The Morgan fingerprint density at radius 2 is 2.00 bits per heavy atom. The van der Waals surface area contributed by atoms with Crippen LogP contribution in [0.25, 0.3) is 0 Å². The lowest BCUT2D eigenvalue weighted by molar-refractivity contribution is 0.0696. The number of carbonyl (C=O) groups excluding carboxylic acids is 1. The van der Waals surface area contributed by atoms with Gasteiger partial charge in [-0.2, -0.15) is 0 Å². The van der Waals surface area contributed by atoms with Crippen molar-refractivity contribution in [1.29, 1.82) is 0 Å². The maximum Gasteiger partial charge on any atom is 0.335 e. The Bertz CT molecular complexity index is 563. The van der Waals surface area contributed by atoms with Gasteiger partial charge in [-0.3, -0.25) is 9.78 Å². The van der Waals surface area contributed by atoms with Crippen molar-refractivity contribution < 1.29 is 14.7 Å². The Hall–Kier alpha value is -1.91. The molecule has 5 heteroatoms. The molecule has 120 valence electrons. The van der Waals surface area contributed by atoms with Gasteiger partial charge in [0.2, 0.25) is 0 Å². The highest BCUT2D eigenvalue weighted by atomic mass is 16.4. The summed E-state index contributed by atoms with van der Waals surface area (Å²) in [7, 11) is 0. The molecule has 0 bridgehead atoms. The van der Waals surface area contributed by atoms with Gasteiger partial charge in [0, 0.05) is 19.3 Å². The molecule has 22 heavy (non-hydrogen) atoms. The van der Waals surface area contributed by atoms with Gasteiger partial charge >= 0.3 is 5.97 Å². The molecule has 2 rings (SSSR count). The van der Waals surface area contributed by atoms with E-state index in [4.69, 9.17) is 5.11 Å². The first kappa shape index (κ1) is 16.5. The maximum atomic E-state index is 12.6. The molecule has 5 nitrogen and oxygen atoms in total. The number of hydrogen-bond acceptors (Lipinski definition) is 3. The molecule has 0 saturated carbocycles. The van der Waals surface area contributed by atoms with E-state index in [-0.39, 0.29) is 22.6 Å². The van der Waals surface area contributed by atoms with Crippen molar-refractivity contribution in [2.24, 2.45) is 11.3 Å². The molecule has 1 aromatic heterocycles. The highest BCUT2D eigenvalue weighted by Crippen LogP contribution is 2.34. The number of aromatic carboxylic acids is 1. The van der Waals surface area contributed by atoms with Gasteiger partial charge in [-0.1, -0.05) is 20.8 Å². The molecular formula is C17H24N2O3. The molecule has 1 aliphatic heterocycles. The van der Waals surface area contributed by atoms with Crippen LogP contribution in [0, 0.1) is 11.3 Å². The normalized spacial score (nSPS) is 19.6. The SMILES string of the molecule is CC(C)(C)C1CCCN(C(=O)c2cc(C(=O)O)ccn2)CC1. The van der Waals surface area contributed by atoms with E-state index in [0.717, 1.165) is 19.3 Å². The lowest BCUT2D eigenvalue weighted by Gasteiger charge is -2.29. The fourth-order valence-corrected chi connectivity index (χ4v) is 3.01. The summed E-state index contributed by atoms with van der Waals surface area (Å²) in [5, 5.41) is 9.02. The number of carboxylic acid groups (broad SMARTS) is 1. The minimum Gasteiger partial charge on any atom is -0.478 e. The number of amides is 1. The molecule has 0 aliphatic carbocycles. The summed E-state index contributed by atoms with van der Waals surface area (Å²) in [5.41, 5.74) is 0.565. The second-order valence-corrected chi connectivity index (χ2v) is 7.02. The largest absolute Gasteiger partial charge is 0.478 e. The van der Waals surface area contributed by atoms with Crippen molar-refractivity contribution in [2.75, 3.05) is 13.1 Å². The van der Waals surface area contributed by atoms with E-state index in [1.165, 1.54) is 18.3 Å². The van der Waals surface area contributed by atoms with Gasteiger partial charge in [0.25, 0.3) is 5.91 Å². The van der Waals surface area contributed by atoms with E-state index in [2.05, 4.69) is 25.8 Å². The second-order valence-electron chi connectivity index (χ2n) is 7.02. The molecule has 1 aliphatic rings. The number of aromatic nitrogens is 1. The lowest BCUT2D eigenvalue weighted by Crippen LogP contribution is -2.33. The number of hydrogen-bond donors (Lipinski definition) is 1. The van der Waals surface area contributed by atoms with Crippen molar-refractivity contribution >= 4 is 11.9 Å². The number of likely N-dealkylation sites (tertiary alicyclic amines) is 1. The molecule has 1 amide bonds. The highest BCUT2D eigenvalue weighted by molar-refractivity contribution is 5.95. The number of carbonyl (C=O) groups is 2. The molecule has 2 heterocycles. The molecule has 0 aromatic carbocycles. The van der Waals surface area contributed by atoms with E-state index in [9.17, 15) is 9.59 Å². The maximum absolute atomic E-state index is 12.6. The zero-order valence-corrected chi connectivity index (χ0v) is 13.5. The standard InChI is InChI=1S/C17H24N2O3/c1-17(2,3)13-5-4-9-19(10-7-13)15(20)14-11-12(16(21)22)6-8-18-14/h6,8,11,13H,4-5,7,9-10H2,1-3H3,(H,21,22). The van der Waals surface area contributed by atoms with E-state index in [1.54, 1.807) is 4.90 Å². The molecular weight excluding hydrogens is 280 g/mol. The van der Waals surface area contributed by atoms with Crippen LogP contribution in [0.4, 0.5) is 0 Å². The molecule has 1 aromatic rings. The van der Waals surface area contributed by atoms with Crippen LogP contribution in [-0.2, 0) is 0 Å². The Labute approximate surface area is 131 Å². The van der Waals surface area contributed by atoms with Crippen molar-refractivity contribution in [3.05, 3.63) is 29.6 Å². The van der Waals surface area contributed by atoms with Gasteiger partial charge in [0.1, 0.15) is 5.69 Å². The smallest absolute Gasteiger partial charge is 0.335 e. The summed E-state index contributed by atoms with van der Waals surface area (Å²) < 4.78 is 0. The van der Waals surface area contributed by atoms with Crippen molar-refractivity contribution in [1.82, 2.24) is 9.88 Å². The monoisotopic (exact) mass is 304 g/mol. The quantitative estimate of drug-likeness (QED) is 0.911. The summed E-state index contributed by atoms with van der Waals surface area (Å²) in [6.07, 6.45) is 4.46. The van der Waals surface area contributed by atoms with E-state index < -0.39 is 5.97 Å². The van der Waals surface area contributed by atoms with Crippen LogP contribution >= 0.6 is 0 Å². The fourth-order valence-electron chi connectivity index (χ4n) is 3.01. The third-order valence-corrected chi connectivity index (χ3v) is 4.47. The first-order valence-electron chi connectivity index (χ1n) is 7.77. The number of nitrogens with zero attached hydrogens (tertiary/aromatic N) is 2. The predicted molar refractivity (Wildman–Crippen MR) is 83.9 cm³/mol. The zero-order valence-electron chi connectivity index (χ0n) is 13.5. The molecule has 0 radical (unpaired) electrons. The van der Waals surface area contributed by atoms with Crippen LogP contribution in [0.1, 0.15) is 60.9 Å². The van der Waals surface area contributed by atoms with Crippen LogP contribution in [0.15, 0.2) is 18.3 Å². The average molecular weight is 304 g/mol. The Morgan fingerprint density at radius 3 is 2.64 bits per heavy atom. The summed E-state index contributed by atoms with van der Waals surface area (Å²) in [6.45, 7) is 8.15. The van der Waals surface area contributed by atoms with Gasteiger partial charge in [0.05, 0.1) is 5.56 Å². The Morgan fingerprint density at radius 1 is 1.27 bits per heavy atom. The van der Waals surface area contributed by atoms with Crippen molar-refractivity contribution in [3.63, 3.8) is 0 Å². The van der Waals surface area contributed by atoms with Gasteiger partial charge in [-0.15, -0.1) is 0 Å². The topological polar surface area (TPSA) is 70.5 Å². The molecule has 1 atom stereocenters. The third-order valence-electron chi connectivity index (χ3n) is 4.47. The first-order chi connectivity index (χ1) is 10.3. The Balaban J connectivity index is 2.10. The average Bonchev–Trinajstić information content (AvgIpc) is 2.72. The predicted octanol–water partition coefficient (Wildman–Crippen LogP) is 3.07. The first-order valence-corrected chi connectivity index (χ1v) is 7.77. The summed E-state index contributed by atoms with van der Waals surface area (Å²) in [4.78, 5) is 29.4. The van der Waals surface area contributed by atoms with E-state index in [0.29, 0.717) is 19.0 Å². The van der Waals surface area contributed by atoms with Crippen molar-refractivity contribution in [2.45, 2.75) is 40.0 Å². The number of pyridine rings is 1. The van der Waals surface area contributed by atoms with Gasteiger partial charge in [-0.25, -0.2) is 4.79 Å². The molecule has 1 saturated heterocycles. The van der Waals surface area contributed by atoms with E-state index >= 15 is 0 Å². The molecule has 1 N–H and O–H groups in total.